The average Bonchev–Trinajstić information content (AvgIpc) is 3.24. The highest BCUT2D eigenvalue weighted by molar-refractivity contribution is 7.80. The van der Waals surface area contributed by atoms with Gasteiger partial charge in [0, 0.05) is 13.0 Å². The third kappa shape index (κ3) is 33.6. The maximum atomic E-state index is 12.9. The van der Waals surface area contributed by atoms with Crippen LogP contribution in [0.3, 0.4) is 0 Å². The molecule has 13 heteroatoms. The van der Waals surface area contributed by atoms with Crippen molar-refractivity contribution in [2.45, 2.75) is 230 Å². The molecule has 0 amide bonds. The second-order valence-electron chi connectivity index (χ2n) is 16.7. The molecule has 1 rings (SSSR count). The lowest BCUT2D eigenvalue weighted by Crippen LogP contribution is -2.60. The first-order valence-corrected chi connectivity index (χ1v) is 25.8. The van der Waals surface area contributed by atoms with Gasteiger partial charge in [-0.2, -0.15) is 8.42 Å². The van der Waals surface area contributed by atoms with Crippen LogP contribution in [0.4, 0.5) is 0 Å². The Balaban J connectivity index is 2.41. The Kier molecular flexibility index (Phi) is 38.0. The normalized spacial score (nSPS) is 20.4. The number of aliphatic hydroxyl groups is 3. The summed E-state index contributed by atoms with van der Waals surface area (Å²) in [6.45, 7) is 3.93. The summed E-state index contributed by atoms with van der Waals surface area (Å²) in [5.74, 6) is -0.411. The molecule has 0 radical (unpaired) electrons. The fourth-order valence-corrected chi connectivity index (χ4v) is 7.71. The van der Waals surface area contributed by atoms with Crippen LogP contribution in [0.5, 0.6) is 0 Å². The number of rotatable bonds is 42. The van der Waals surface area contributed by atoms with E-state index < -0.39 is 59.8 Å². The Morgan fingerprint density at radius 2 is 1.06 bits per heavy atom. The minimum absolute atomic E-state index is 0.0248. The largest absolute Gasteiger partial charge is 0.457 e. The van der Waals surface area contributed by atoms with Crippen LogP contribution in [0.1, 0.15) is 194 Å². The van der Waals surface area contributed by atoms with E-state index in [1.54, 1.807) is 0 Å². The molecule has 1 heterocycles. The van der Waals surface area contributed by atoms with E-state index in [0.29, 0.717) is 13.0 Å². The Hall–Kier alpha value is -1.94. The second kappa shape index (κ2) is 40.6. The number of hydrogen-bond acceptors (Lipinski definition) is 11. The first-order chi connectivity index (χ1) is 30.1. The van der Waals surface area contributed by atoms with E-state index in [2.05, 4.69) is 66.6 Å². The molecule has 1 aliphatic heterocycles. The lowest BCUT2D eigenvalue weighted by atomic mass is 9.99. The molecule has 6 atom stereocenters. The average molecular weight is 901 g/mol. The van der Waals surface area contributed by atoms with E-state index >= 15 is 0 Å². The molecular weight excluding hydrogens is 813 g/mol. The van der Waals surface area contributed by atoms with Crippen molar-refractivity contribution >= 4 is 16.4 Å². The van der Waals surface area contributed by atoms with Crippen molar-refractivity contribution in [3.05, 3.63) is 48.6 Å². The molecule has 0 spiro atoms. The van der Waals surface area contributed by atoms with Crippen molar-refractivity contribution in [3.8, 4) is 0 Å². The molecule has 0 bridgehead atoms. The fraction of sp³-hybridized carbons (Fsp3) is 0.816. The van der Waals surface area contributed by atoms with Gasteiger partial charge in [-0.15, -0.1) is 0 Å². The minimum atomic E-state index is -5.07. The molecule has 62 heavy (non-hydrogen) atoms. The number of carbonyl (C=O) groups excluding carboxylic acids is 1. The number of esters is 1. The molecule has 4 N–H and O–H groups in total. The van der Waals surface area contributed by atoms with Crippen molar-refractivity contribution in [2.24, 2.45) is 0 Å². The van der Waals surface area contributed by atoms with Gasteiger partial charge in [0.2, 0.25) is 0 Å². The summed E-state index contributed by atoms with van der Waals surface area (Å²) >= 11 is 0. The van der Waals surface area contributed by atoms with Gasteiger partial charge in [-0.1, -0.05) is 159 Å². The van der Waals surface area contributed by atoms with Crippen LogP contribution in [-0.4, -0.2) is 97.5 Å². The SMILES string of the molecule is CCCCCC/C=C\C/C=C\CCCCCCCCCC(=O)OC(COCCCCCCCC/C=C\C/C=C\CCCCCC)COC1OC(CO)C(O)C(OS(=O)(=O)O)C1O. The summed E-state index contributed by atoms with van der Waals surface area (Å²) in [5.41, 5.74) is 0. The highest BCUT2D eigenvalue weighted by Crippen LogP contribution is 2.26. The Morgan fingerprint density at radius 3 is 1.53 bits per heavy atom. The van der Waals surface area contributed by atoms with Crippen molar-refractivity contribution in [1.29, 1.82) is 0 Å². The van der Waals surface area contributed by atoms with E-state index in [-0.39, 0.29) is 19.6 Å². The number of allylic oxidation sites excluding steroid dienone is 8. The fourth-order valence-electron chi connectivity index (χ4n) is 7.20. The first kappa shape index (κ1) is 58.1. The summed E-state index contributed by atoms with van der Waals surface area (Å²) in [5, 5.41) is 30.7. The van der Waals surface area contributed by atoms with Crippen molar-refractivity contribution in [2.75, 3.05) is 26.4 Å². The quantitative estimate of drug-likeness (QED) is 0.0198. The summed E-state index contributed by atoms with van der Waals surface area (Å²) in [4.78, 5) is 12.9. The zero-order chi connectivity index (χ0) is 45.4. The van der Waals surface area contributed by atoms with Gasteiger partial charge in [0.15, 0.2) is 6.29 Å². The molecule has 0 saturated carbocycles. The highest BCUT2D eigenvalue weighted by atomic mass is 32.3. The van der Waals surface area contributed by atoms with E-state index in [0.717, 1.165) is 70.6 Å². The van der Waals surface area contributed by atoms with Gasteiger partial charge in [-0.25, -0.2) is 4.18 Å². The monoisotopic (exact) mass is 901 g/mol. The van der Waals surface area contributed by atoms with Crippen LogP contribution in [0, 0.1) is 0 Å². The number of hydrogen-bond donors (Lipinski definition) is 4. The van der Waals surface area contributed by atoms with Gasteiger partial charge in [0.1, 0.15) is 30.5 Å². The number of carbonyl (C=O) groups is 1. The molecule has 1 aliphatic rings. The minimum Gasteiger partial charge on any atom is -0.457 e. The number of ether oxygens (including phenoxy) is 4. The third-order valence-electron chi connectivity index (χ3n) is 10.9. The van der Waals surface area contributed by atoms with Crippen molar-refractivity contribution in [1.82, 2.24) is 0 Å². The van der Waals surface area contributed by atoms with Crippen LogP contribution in [0.25, 0.3) is 0 Å². The molecule has 1 saturated heterocycles. The molecule has 362 valence electrons. The second-order valence-corrected chi connectivity index (χ2v) is 17.7. The van der Waals surface area contributed by atoms with Crippen molar-refractivity contribution in [3.63, 3.8) is 0 Å². The standard InChI is InChI=1S/C49H88O12S/c1-3-5-7-9-11-13-15-17-19-21-22-24-26-28-30-32-34-36-38-45(51)59-43(42-58-49-47(53)48(61-62(54,55)56)46(52)44(40-50)60-49)41-57-39-37-35-33-31-29-27-25-23-20-18-16-14-12-10-8-6-4-2/h13-16,19-21,23,43-44,46-50,52-53H,3-12,17-18,22,24-42H2,1-2H3,(H,54,55,56)/b15-13-,16-14-,21-19-,23-20-. The van der Waals surface area contributed by atoms with Crippen LogP contribution in [0.2, 0.25) is 0 Å². The predicted molar refractivity (Wildman–Crippen MR) is 248 cm³/mol. The lowest BCUT2D eigenvalue weighted by molar-refractivity contribution is -0.301. The smallest absolute Gasteiger partial charge is 0.397 e. The molecule has 0 aromatic rings. The Bertz CT molecular complexity index is 1270. The maximum Gasteiger partial charge on any atom is 0.397 e. The first-order valence-electron chi connectivity index (χ1n) is 24.4. The van der Waals surface area contributed by atoms with E-state index in [4.69, 9.17) is 18.9 Å². The molecule has 1 fully saturated rings. The molecule has 12 nitrogen and oxygen atoms in total. The summed E-state index contributed by atoms with van der Waals surface area (Å²) < 4.78 is 59.1. The Labute approximate surface area is 376 Å². The van der Waals surface area contributed by atoms with Crippen molar-refractivity contribution < 1.29 is 56.2 Å². The topological polar surface area (TPSA) is 178 Å². The van der Waals surface area contributed by atoms with Crippen LogP contribution in [0.15, 0.2) is 48.6 Å². The molecule has 0 aliphatic carbocycles. The molecule has 0 aromatic carbocycles. The third-order valence-corrected chi connectivity index (χ3v) is 11.4. The number of unbranched alkanes of at least 4 members (excludes halogenated alkanes) is 21. The van der Waals surface area contributed by atoms with Gasteiger partial charge in [0.25, 0.3) is 0 Å². The summed E-state index contributed by atoms with van der Waals surface area (Å²) in [6, 6.07) is 0. The van der Waals surface area contributed by atoms with E-state index in [9.17, 15) is 33.1 Å². The summed E-state index contributed by atoms with van der Waals surface area (Å²) in [6.07, 6.45) is 39.9. The van der Waals surface area contributed by atoms with E-state index in [1.807, 2.05) is 0 Å². The van der Waals surface area contributed by atoms with E-state index in [1.165, 1.54) is 96.3 Å². The van der Waals surface area contributed by atoms with Gasteiger partial charge in [0.05, 0.1) is 19.8 Å². The molecule has 6 unspecified atom stereocenters. The zero-order valence-corrected chi connectivity index (χ0v) is 39.5. The molecular formula is C49H88O12S. The maximum absolute atomic E-state index is 12.9. The van der Waals surface area contributed by atoms with Gasteiger partial charge < -0.3 is 34.3 Å². The predicted octanol–water partition coefficient (Wildman–Crippen LogP) is 10.7. The molecule has 0 aromatic heterocycles. The Morgan fingerprint density at radius 1 is 0.613 bits per heavy atom. The zero-order valence-electron chi connectivity index (χ0n) is 38.7. The van der Waals surface area contributed by atoms with Gasteiger partial charge in [-0.05, 0) is 77.0 Å². The van der Waals surface area contributed by atoms with Crippen LogP contribution < -0.4 is 0 Å². The van der Waals surface area contributed by atoms with Crippen LogP contribution >= 0.6 is 0 Å². The number of aliphatic hydroxyl groups excluding tert-OH is 3. The van der Waals surface area contributed by atoms with Gasteiger partial charge in [-0.3, -0.25) is 9.35 Å². The highest BCUT2D eigenvalue weighted by Gasteiger charge is 2.48. The lowest BCUT2D eigenvalue weighted by Gasteiger charge is -2.41. The van der Waals surface area contributed by atoms with Gasteiger partial charge >= 0.3 is 16.4 Å². The van der Waals surface area contributed by atoms with Crippen LogP contribution in [-0.2, 0) is 38.3 Å². The summed E-state index contributed by atoms with van der Waals surface area (Å²) in [7, 11) is -5.07.